The van der Waals surface area contributed by atoms with Crippen molar-refractivity contribution in [3.63, 3.8) is 0 Å². The van der Waals surface area contributed by atoms with Crippen LogP contribution in [0, 0.1) is 0 Å². The zero-order chi connectivity index (χ0) is 25.5. The Morgan fingerprint density at radius 3 is 1.46 bits per heavy atom. The fourth-order valence-corrected chi connectivity index (χ4v) is 6.25. The van der Waals surface area contributed by atoms with Gasteiger partial charge in [0.05, 0.1) is 6.26 Å². The summed E-state index contributed by atoms with van der Waals surface area (Å²) < 4.78 is 18.5. The Bertz CT molecular complexity index is 2230. The van der Waals surface area contributed by atoms with E-state index in [9.17, 15) is 0 Å². The molecule has 0 aliphatic carbocycles. The Kier molecular flexibility index (Phi) is 4.05. The largest absolute Gasteiger partial charge is 0.464 e. The molecule has 0 aliphatic rings. The van der Waals surface area contributed by atoms with Crippen molar-refractivity contribution in [3.8, 4) is 22.3 Å². The van der Waals surface area contributed by atoms with Crippen LogP contribution in [0.1, 0.15) is 0 Å². The summed E-state index contributed by atoms with van der Waals surface area (Å²) in [6.45, 7) is 0. The Morgan fingerprint density at radius 2 is 0.846 bits per heavy atom. The summed E-state index contributed by atoms with van der Waals surface area (Å²) in [7, 11) is 0. The molecule has 0 spiro atoms. The van der Waals surface area contributed by atoms with Gasteiger partial charge in [-0.25, -0.2) is 0 Å². The monoisotopic (exact) mass is 500 g/mol. The minimum absolute atomic E-state index is 0.882. The number of hydrogen-bond donors (Lipinski definition) is 0. The van der Waals surface area contributed by atoms with Gasteiger partial charge in [0.1, 0.15) is 27.9 Å². The molecule has 0 radical (unpaired) electrons. The molecule has 3 heterocycles. The molecule has 3 heteroatoms. The minimum Gasteiger partial charge on any atom is -0.464 e. The summed E-state index contributed by atoms with van der Waals surface area (Å²) in [5.41, 5.74) is 8.97. The van der Waals surface area contributed by atoms with Crippen molar-refractivity contribution in [3.05, 3.63) is 122 Å². The molecule has 39 heavy (non-hydrogen) atoms. The smallest absolute Gasteiger partial charge is 0.142 e. The molecule has 0 bridgehead atoms. The van der Waals surface area contributed by atoms with Crippen molar-refractivity contribution in [2.24, 2.45) is 0 Å². The number of rotatable bonds is 2. The Balaban J connectivity index is 1.36. The van der Waals surface area contributed by atoms with E-state index in [-0.39, 0.29) is 0 Å². The average Bonchev–Trinajstić information content (AvgIpc) is 3.70. The predicted molar refractivity (Wildman–Crippen MR) is 159 cm³/mol. The maximum absolute atomic E-state index is 6.26. The SMILES string of the molecule is c1ccc2c(c1)oc1ccc(-c3c4ccccc4c(-c4ccc5oc6ccccc6c5c4)c4occc34)cc12. The first kappa shape index (κ1) is 20.7. The molecule has 9 aromatic rings. The van der Waals surface area contributed by atoms with Gasteiger partial charge in [0.2, 0.25) is 0 Å². The molecule has 0 unspecified atom stereocenters. The molecule has 182 valence electrons. The van der Waals surface area contributed by atoms with Gasteiger partial charge >= 0.3 is 0 Å². The quantitative estimate of drug-likeness (QED) is 0.237. The summed E-state index contributed by atoms with van der Waals surface area (Å²) in [4.78, 5) is 0. The normalized spacial score (nSPS) is 12.1. The molecule has 0 saturated heterocycles. The number of hydrogen-bond acceptors (Lipinski definition) is 3. The molecule has 0 amide bonds. The second-order valence-electron chi connectivity index (χ2n) is 10.1. The lowest BCUT2D eigenvalue weighted by molar-refractivity contribution is 0.617. The van der Waals surface area contributed by atoms with Crippen molar-refractivity contribution in [2.45, 2.75) is 0 Å². The molecule has 0 fully saturated rings. The van der Waals surface area contributed by atoms with E-state index in [1.807, 2.05) is 24.3 Å². The maximum Gasteiger partial charge on any atom is 0.142 e. The van der Waals surface area contributed by atoms with E-state index in [1.165, 1.54) is 10.9 Å². The van der Waals surface area contributed by atoms with Crippen molar-refractivity contribution in [2.75, 3.05) is 0 Å². The lowest BCUT2D eigenvalue weighted by atomic mass is 9.88. The third-order valence-corrected chi connectivity index (χ3v) is 7.96. The molecule has 0 saturated carbocycles. The van der Waals surface area contributed by atoms with Gasteiger partial charge in [-0.15, -0.1) is 0 Å². The van der Waals surface area contributed by atoms with Crippen LogP contribution in [0.3, 0.4) is 0 Å². The van der Waals surface area contributed by atoms with Gasteiger partial charge < -0.3 is 13.3 Å². The van der Waals surface area contributed by atoms with Crippen LogP contribution in [0.4, 0.5) is 0 Å². The predicted octanol–water partition coefficient (Wildman–Crippen LogP) is 10.7. The van der Waals surface area contributed by atoms with Gasteiger partial charge in [0, 0.05) is 38.1 Å². The van der Waals surface area contributed by atoms with Crippen LogP contribution in [0.15, 0.2) is 135 Å². The van der Waals surface area contributed by atoms with Crippen LogP contribution in [-0.2, 0) is 0 Å². The fourth-order valence-electron chi connectivity index (χ4n) is 6.25. The Morgan fingerprint density at radius 1 is 0.359 bits per heavy atom. The van der Waals surface area contributed by atoms with E-state index in [0.717, 1.165) is 76.9 Å². The summed E-state index contributed by atoms with van der Waals surface area (Å²) in [6, 6.07) is 40.0. The zero-order valence-electron chi connectivity index (χ0n) is 20.8. The number of fused-ring (bicyclic) bond motifs is 8. The standard InChI is InChI=1S/C36H20O3/c1-2-10-26-25(9-1)34(21-13-15-32-28(19-21)23-7-3-5-11-30(23)38-32)27-17-18-37-36(27)35(26)22-14-16-33-29(20-22)24-8-4-6-12-31(24)39-33/h1-20H. The first-order chi connectivity index (χ1) is 19.3. The second-order valence-corrected chi connectivity index (χ2v) is 10.1. The molecule has 3 nitrogen and oxygen atoms in total. The molecule has 9 rings (SSSR count). The van der Waals surface area contributed by atoms with Gasteiger partial charge in [0.25, 0.3) is 0 Å². The van der Waals surface area contributed by atoms with Crippen LogP contribution in [0.2, 0.25) is 0 Å². The summed E-state index contributed by atoms with van der Waals surface area (Å²) in [6.07, 6.45) is 1.80. The van der Waals surface area contributed by atoms with Gasteiger partial charge in [-0.05, 0) is 64.4 Å². The Hall–Kier alpha value is -5.28. The highest BCUT2D eigenvalue weighted by Gasteiger charge is 2.20. The molecule has 0 aliphatic heterocycles. The summed E-state index contributed by atoms with van der Waals surface area (Å²) >= 11 is 0. The third kappa shape index (κ3) is 2.87. The van der Waals surface area contributed by atoms with Crippen molar-refractivity contribution < 1.29 is 13.3 Å². The van der Waals surface area contributed by atoms with E-state index in [4.69, 9.17) is 13.3 Å². The third-order valence-electron chi connectivity index (χ3n) is 7.96. The van der Waals surface area contributed by atoms with Crippen LogP contribution in [0.5, 0.6) is 0 Å². The fraction of sp³-hybridized carbons (Fsp3) is 0. The highest BCUT2D eigenvalue weighted by molar-refractivity contribution is 6.21. The second kappa shape index (κ2) is 7.62. The highest BCUT2D eigenvalue weighted by atomic mass is 16.3. The maximum atomic E-state index is 6.26. The van der Waals surface area contributed by atoms with E-state index < -0.39 is 0 Å². The van der Waals surface area contributed by atoms with Crippen LogP contribution < -0.4 is 0 Å². The molecular formula is C36H20O3. The first-order valence-electron chi connectivity index (χ1n) is 13.1. The van der Waals surface area contributed by atoms with Crippen LogP contribution in [0.25, 0.3) is 87.9 Å². The topological polar surface area (TPSA) is 39.4 Å². The number of benzene rings is 6. The molecule has 6 aromatic carbocycles. The number of furan rings is 3. The number of para-hydroxylation sites is 2. The summed E-state index contributed by atoms with van der Waals surface area (Å²) in [5.74, 6) is 0. The van der Waals surface area contributed by atoms with Crippen molar-refractivity contribution in [1.82, 2.24) is 0 Å². The van der Waals surface area contributed by atoms with Crippen molar-refractivity contribution in [1.29, 1.82) is 0 Å². The Labute approximate surface area is 222 Å². The highest BCUT2D eigenvalue weighted by Crippen LogP contribution is 2.46. The first-order valence-corrected chi connectivity index (χ1v) is 13.1. The molecule has 3 aromatic heterocycles. The lowest BCUT2D eigenvalue weighted by Gasteiger charge is -2.14. The molecular weight excluding hydrogens is 480 g/mol. The summed E-state index contributed by atoms with van der Waals surface area (Å²) in [5, 5.41) is 7.89. The van der Waals surface area contributed by atoms with Gasteiger partial charge in [-0.1, -0.05) is 72.8 Å². The molecule has 0 atom stereocenters. The zero-order valence-corrected chi connectivity index (χ0v) is 20.8. The minimum atomic E-state index is 0.882. The average molecular weight is 501 g/mol. The van der Waals surface area contributed by atoms with E-state index in [1.54, 1.807) is 6.26 Å². The van der Waals surface area contributed by atoms with Gasteiger partial charge in [-0.3, -0.25) is 0 Å². The van der Waals surface area contributed by atoms with E-state index in [2.05, 4.69) is 91.0 Å². The lowest BCUT2D eigenvalue weighted by Crippen LogP contribution is -1.89. The van der Waals surface area contributed by atoms with E-state index >= 15 is 0 Å². The van der Waals surface area contributed by atoms with Gasteiger partial charge in [-0.2, -0.15) is 0 Å². The van der Waals surface area contributed by atoms with Crippen molar-refractivity contribution >= 4 is 65.6 Å². The van der Waals surface area contributed by atoms with Crippen LogP contribution in [-0.4, -0.2) is 0 Å². The van der Waals surface area contributed by atoms with Gasteiger partial charge in [0.15, 0.2) is 0 Å². The molecule has 0 N–H and O–H groups in total. The van der Waals surface area contributed by atoms with E-state index in [0.29, 0.717) is 0 Å². The van der Waals surface area contributed by atoms with Crippen LogP contribution >= 0.6 is 0 Å².